The Morgan fingerprint density at radius 1 is 1.08 bits per heavy atom. The first kappa shape index (κ1) is 24.6. The molecule has 4 aromatic rings. The number of nitrogens with zero attached hydrogens (tertiary/aromatic N) is 6. The zero-order chi connectivity index (χ0) is 25.4. The van der Waals surface area contributed by atoms with Crippen LogP contribution in [0.25, 0.3) is 21.6 Å². The highest BCUT2D eigenvalue weighted by molar-refractivity contribution is 7.90. The molecule has 1 aliphatic rings. The Labute approximate surface area is 213 Å². The number of rotatable bonds is 7. The minimum absolute atomic E-state index is 0.00818. The molecule has 1 atom stereocenters. The normalized spacial score (nSPS) is 16.1. The molecular formula is C24H28N6O4S2. The van der Waals surface area contributed by atoms with E-state index in [0.717, 1.165) is 53.9 Å². The van der Waals surface area contributed by atoms with Crippen LogP contribution in [0.15, 0.2) is 40.0 Å². The predicted molar refractivity (Wildman–Crippen MR) is 137 cm³/mol. The molecule has 4 aromatic heterocycles. The van der Waals surface area contributed by atoms with Crippen LogP contribution < -0.4 is 9.64 Å². The van der Waals surface area contributed by atoms with Gasteiger partial charge in [0.05, 0.1) is 5.69 Å². The summed E-state index contributed by atoms with van der Waals surface area (Å²) < 4.78 is 35.0. The van der Waals surface area contributed by atoms with Crippen LogP contribution in [-0.4, -0.2) is 59.0 Å². The molecule has 0 amide bonds. The van der Waals surface area contributed by atoms with Crippen LogP contribution in [0.1, 0.15) is 45.4 Å². The molecule has 1 saturated heterocycles. The first-order valence-corrected chi connectivity index (χ1v) is 14.6. The maximum absolute atomic E-state index is 11.7. The van der Waals surface area contributed by atoms with Crippen LogP contribution in [0.3, 0.4) is 0 Å². The molecule has 190 valence electrons. The molecule has 0 radical (unpaired) electrons. The van der Waals surface area contributed by atoms with E-state index in [1.807, 2.05) is 26.0 Å². The van der Waals surface area contributed by atoms with Gasteiger partial charge in [-0.15, -0.1) is 0 Å². The smallest absolute Gasteiger partial charge is 0.324 e. The molecule has 1 aliphatic heterocycles. The van der Waals surface area contributed by atoms with Crippen molar-refractivity contribution in [2.24, 2.45) is 5.92 Å². The minimum atomic E-state index is -3.34. The van der Waals surface area contributed by atoms with Crippen molar-refractivity contribution in [3.63, 3.8) is 0 Å². The highest BCUT2D eigenvalue weighted by Crippen LogP contribution is 2.32. The minimum Gasteiger partial charge on any atom is -0.467 e. The van der Waals surface area contributed by atoms with Crippen LogP contribution in [0.5, 0.6) is 5.19 Å². The van der Waals surface area contributed by atoms with E-state index in [9.17, 15) is 8.42 Å². The lowest BCUT2D eigenvalue weighted by atomic mass is 9.92. The fourth-order valence-corrected chi connectivity index (χ4v) is 5.60. The predicted octanol–water partition coefficient (Wildman–Crippen LogP) is 4.35. The zero-order valence-corrected chi connectivity index (χ0v) is 22.2. The van der Waals surface area contributed by atoms with Gasteiger partial charge in [-0.25, -0.2) is 23.4 Å². The van der Waals surface area contributed by atoms with E-state index in [2.05, 4.69) is 31.9 Å². The number of piperidine rings is 1. The van der Waals surface area contributed by atoms with Crippen molar-refractivity contribution in [2.45, 2.75) is 50.7 Å². The number of hydrogen-bond donors (Lipinski definition) is 0. The number of fused-ring (bicyclic) bond motifs is 1. The van der Waals surface area contributed by atoms with Gasteiger partial charge < -0.3 is 14.2 Å². The SMILES string of the molecule is CC(C)c1noc(N2CCC([C@H](C)Oc3nc4ccc(-c5ccc(S(C)(=O)=O)nc5)nc4s3)CC2)n1. The Morgan fingerprint density at radius 3 is 2.50 bits per heavy atom. The highest BCUT2D eigenvalue weighted by atomic mass is 32.2. The van der Waals surface area contributed by atoms with E-state index in [1.165, 1.54) is 23.6 Å². The van der Waals surface area contributed by atoms with Gasteiger partial charge in [0, 0.05) is 37.0 Å². The van der Waals surface area contributed by atoms with Gasteiger partial charge in [0.1, 0.15) is 16.5 Å². The molecule has 12 heteroatoms. The summed E-state index contributed by atoms with van der Waals surface area (Å²) in [7, 11) is -3.34. The van der Waals surface area contributed by atoms with Crippen molar-refractivity contribution in [3.05, 3.63) is 36.3 Å². The average molecular weight is 529 g/mol. The molecular weight excluding hydrogens is 500 g/mol. The quantitative estimate of drug-likeness (QED) is 0.342. The van der Waals surface area contributed by atoms with Gasteiger partial charge in [0.15, 0.2) is 20.7 Å². The number of thiazole rings is 1. The lowest BCUT2D eigenvalue weighted by Crippen LogP contribution is -2.38. The van der Waals surface area contributed by atoms with Crippen molar-refractivity contribution < 1.29 is 17.7 Å². The zero-order valence-electron chi connectivity index (χ0n) is 20.6. The summed E-state index contributed by atoms with van der Waals surface area (Å²) in [6, 6.07) is 7.55. The van der Waals surface area contributed by atoms with E-state index in [4.69, 9.17) is 14.2 Å². The number of ether oxygens (including phenoxy) is 1. The number of sulfone groups is 1. The summed E-state index contributed by atoms with van der Waals surface area (Å²) >= 11 is 1.40. The Balaban J connectivity index is 1.22. The van der Waals surface area contributed by atoms with Gasteiger partial charge in [-0.2, -0.15) is 4.98 Å². The van der Waals surface area contributed by atoms with Crippen LogP contribution in [0.2, 0.25) is 0 Å². The van der Waals surface area contributed by atoms with E-state index >= 15 is 0 Å². The second-order valence-corrected chi connectivity index (χ2v) is 12.3. The summed E-state index contributed by atoms with van der Waals surface area (Å²) in [4.78, 5) is 20.8. The Hall–Kier alpha value is -3.12. The third kappa shape index (κ3) is 5.19. The van der Waals surface area contributed by atoms with E-state index in [-0.39, 0.29) is 17.0 Å². The summed E-state index contributed by atoms with van der Waals surface area (Å²) in [5.74, 6) is 1.37. The molecule has 5 heterocycles. The van der Waals surface area contributed by atoms with Crippen LogP contribution >= 0.6 is 11.3 Å². The van der Waals surface area contributed by atoms with Crippen LogP contribution in [0.4, 0.5) is 6.01 Å². The van der Waals surface area contributed by atoms with E-state index in [0.29, 0.717) is 22.8 Å². The largest absolute Gasteiger partial charge is 0.467 e. The fourth-order valence-electron chi connectivity index (χ4n) is 4.16. The van der Waals surface area contributed by atoms with Crippen molar-refractivity contribution in [3.8, 4) is 16.5 Å². The maximum atomic E-state index is 11.7. The Bertz CT molecular complexity index is 1460. The lowest BCUT2D eigenvalue weighted by Gasteiger charge is -2.33. The van der Waals surface area contributed by atoms with Crippen LogP contribution in [-0.2, 0) is 9.84 Å². The highest BCUT2D eigenvalue weighted by Gasteiger charge is 2.28. The maximum Gasteiger partial charge on any atom is 0.324 e. The number of anilines is 1. The monoisotopic (exact) mass is 528 g/mol. The Kier molecular flexibility index (Phi) is 6.64. The molecule has 0 bridgehead atoms. The van der Waals surface area contributed by atoms with Crippen molar-refractivity contribution in [1.82, 2.24) is 25.1 Å². The number of pyridine rings is 2. The van der Waals surface area contributed by atoms with Crippen molar-refractivity contribution in [2.75, 3.05) is 24.2 Å². The fraction of sp³-hybridized carbons (Fsp3) is 0.458. The summed E-state index contributed by atoms with van der Waals surface area (Å²) in [6.07, 6.45) is 4.59. The molecule has 10 nitrogen and oxygen atoms in total. The average Bonchev–Trinajstić information content (AvgIpc) is 3.50. The van der Waals surface area contributed by atoms with Crippen molar-refractivity contribution >= 4 is 37.5 Å². The summed E-state index contributed by atoms with van der Waals surface area (Å²) in [5, 5.41) is 4.70. The van der Waals surface area contributed by atoms with Crippen LogP contribution in [0, 0.1) is 5.92 Å². The van der Waals surface area contributed by atoms with Gasteiger partial charge in [-0.1, -0.05) is 30.3 Å². The first-order valence-electron chi connectivity index (χ1n) is 11.9. The molecule has 0 aliphatic carbocycles. The molecule has 0 unspecified atom stereocenters. The van der Waals surface area contributed by atoms with Gasteiger partial charge in [0.2, 0.25) is 0 Å². The molecule has 5 rings (SSSR count). The first-order chi connectivity index (χ1) is 17.2. The van der Waals surface area contributed by atoms with E-state index in [1.54, 1.807) is 6.07 Å². The third-order valence-corrected chi connectivity index (χ3v) is 8.21. The van der Waals surface area contributed by atoms with Gasteiger partial charge >= 0.3 is 6.01 Å². The Morgan fingerprint density at radius 2 is 1.86 bits per heavy atom. The standard InChI is InChI=1S/C24H28N6O4S2/c1-14(2)21-28-23(34-29-21)30-11-9-16(10-12-30)15(3)33-24-27-19-7-6-18(26-22(19)35-24)17-5-8-20(25-13-17)36(4,31)32/h5-8,13-16H,9-12H2,1-4H3/t15-/m0/s1. The third-order valence-electron chi connectivity index (χ3n) is 6.36. The van der Waals surface area contributed by atoms with Gasteiger partial charge in [0.25, 0.3) is 5.19 Å². The summed E-state index contributed by atoms with van der Waals surface area (Å²) in [6.45, 7) is 7.87. The lowest BCUT2D eigenvalue weighted by molar-refractivity contribution is 0.131. The molecule has 0 saturated carbocycles. The molecule has 0 spiro atoms. The van der Waals surface area contributed by atoms with Gasteiger partial charge in [-0.3, -0.25) is 0 Å². The molecule has 36 heavy (non-hydrogen) atoms. The topological polar surface area (TPSA) is 124 Å². The molecule has 0 N–H and O–H groups in total. The van der Waals surface area contributed by atoms with Gasteiger partial charge in [-0.05, 0) is 49.9 Å². The second-order valence-electron chi connectivity index (χ2n) is 9.40. The number of hydrogen-bond acceptors (Lipinski definition) is 11. The number of aromatic nitrogens is 5. The molecule has 1 fully saturated rings. The van der Waals surface area contributed by atoms with E-state index < -0.39 is 9.84 Å². The second kappa shape index (κ2) is 9.74. The summed E-state index contributed by atoms with van der Waals surface area (Å²) in [5.41, 5.74) is 2.20. The van der Waals surface area contributed by atoms with Crippen molar-refractivity contribution in [1.29, 1.82) is 0 Å². The molecule has 0 aromatic carbocycles.